The molecule has 0 radical (unpaired) electrons. The van der Waals surface area contributed by atoms with Crippen LogP contribution in [0.4, 0.5) is 0 Å². The van der Waals surface area contributed by atoms with Crippen LogP contribution in [0.3, 0.4) is 0 Å². The normalized spacial score (nSPS) is 40.8. The molecule has 1 aromatic rings. The van der Waals surface area contributed by atoms with Crippen molar-refractivity contribution in [2.45, 2.75) is 118 Å². The number of hydrogen-bond donors (Lipinski definition) is 3. The van der Waals surface area contributed by atoms with Crippen LogP contribution in [0.2, 0.25) is 0 Å². The summed E-state index contributed by atoms with van der Waals surface area (Å²) in [5.41, 5.74) is 1.08. The Balaban J connectivity index is 1.03. The number of carbonyl (C=O) groups is 1. The molecule has 0 spiro atoms. The maximum absolute atomic E-state index is 13.1. The van der Waals surface area contributed by atoms with Crippen LogP contribution in [-0.2, 0) is 11.3 Å². The van der Waals surface area contributed by atoms with E-state index in [0.29, 0.717) is 42.9 Å². The minimum Gasteiger partial charge on any atom is -0.449 e. The van der Waals surface area contributed by atoms with E-state index in [-0.39, 0.29) is 35.0 Å². The van der Waals surface area contributed by atoms with Crippen molar-refractivity contribution in [3.05, 3.63) is 23.2 Å². The molecule has 3 aliphatic heterocycles. The molecule has 1 amide bonds. The fraction of sp³-hybridized carbons (Fsp3) is 0.778. The highest BCUT2D eigenvalue weighted by atomic mass is 79.9. The first-order valence-electron chi connectivity index (χ1n) is 13.8. The number of alkyl halides is 1. The summed E-state index contributed by atoms with van der Waals surface area (Å²) in [5, 5.41) is 26.2. The number of rotatable bonds is 5. The minimum absolute atomic E-state index is 0.0875. The van der Waals surface area contributed by atoms with Gasteiger partial charge in [-0.2, -0.15) is 5.26 Å². The number of nitrogens with one attached hydrogen (secondary N) is 2. The van der Waals surface area contributed by atoms with Crippen LogP contribution in [0.5, 0.6) is 0 Å². The molecule has 2 bridgehead atoms. The fourth-order valence-corrected chi connectivity index (χ4v) is 8.79. The number of hydrogen-bond acceptors (Lipinski definition) is 7. The number of aliphatic hydroxyl groups is 1. The topological polar surface area (TPSA) is 105 Å². The summed E-state index contributed by atoms with van der Waals surface area (Å²) in [6.07, 6.45) is 10.3. The third-order valence-electron chi connectivity index (χ3n) is 9.60. The van der Waals surface area contributed by atoms with Gasteiger partial charge in [-0.25, -0.2) is 0 Å². The van der Waals surface area contributed by atoms with Gasteiger partial charge in [0.1, 0.15) is 11.8 Å². The predicted molar refractivity (Wildman–Crippen MR) is 138 cm³/mol. The molecule has 0 aromatic carbocycles. The van der Waals surface area contributed by atoms with E-state index in [9.17, 15) is 15.2 Å². The fourth-order valence-electron chi connectivity index (χ4n) is 7.85. The van der Waals surface area contributed by atoms with Gasteiger partial charge in [-0.15, -0.1) is 0 Å². The van der Waals surface area contributed by atoms with Gasteiger partial charge < -0.3 is 14.8 Å². The first kappa shape index (κ1) is 24.9. The number of likely N-dealkylation sites (N-methyl/N-ethyl adjacent to an activating group) is 1. The van der Waals surface area contributed by atoms with E-state index in [1.165, 1.54) is 19.3 Å². The zero-order valence-corrected chi connectivity index (χ0v) is 22.6. The van der Waals surface area contributed by atoms with Crippen molar-refractivity contribution in [3.8, 4) is 6.07 Å². The maximum Gasteiger partial charge on any atom is 0.224 e. The zero-order valence-electron chi connectivity index (χ0n) is 21.0. The van der Waals surface area contributed by atoms with Gasteiger partial charge in [-0.3, -0.25) is 19.9 Å². The van der Waals surface area contributed by atoms with Crippen LogP contribution in [0, 0.1) is 17.2 Å². The molecule has 196 valence electrons. The van der Waals surface area contributed by atoms with Crippen molar-refractivity contribution in [3.63, 3.8) is 0 Å². The van der Waals surface area contributed by atoms with Crippen molar-refractivity contribution < 1.29 is 14.3 Å². The lowest BCUT2D eigenvalue weighted by Gasteiger charge is -2.42. The van der Waals surface area contributed by atoms with E-state index in [4.69, 9.17) is 4.42 Å². The lowest BCUT2D eigenvalue weighted by Crippen LogP contribution is -2.54. The average molecular weight is 561 g/mol. The van der Waals surface area contributed by atoms with Crippen LogP contribution in [-0.4, -0.2) is 70.3 Å². The second-order valence-electron chi connectivity index (χ2n) is 11.8. The maximum atomic E-state index is 13.1. The van der Waals surface area contributed by atoms with Crippen molar-refractivity contribution in [1.29, 1.82) is 5.26 Å². The molecule has 1 aromatic heterocycles. The molecule has 7 atom stereocenters. The predicted octanol–water partition coefficient (Wildman–Crippen LogP) is 3.14. The second-order valence-corrected chi connectivity index (χ2v) is 12.8. The molecule has 8 nitrogen and oxygen atoms in total. The molecule has 2 saturated carbocycles. The molecule has 36 heavy (non-hydrogen) atoms. The standard InChI is InChI=1S/C27H38BrN5O3/c1-32-14-24-22(12-20(13-29)36-24)25(28)26(32)30-15-2-5-17(6-3-15)33-18-7-9-23(33)21(11-18)27(35)31-16-4-8-19(34)10-16/h12,15-19,21,23,25-26,30,34H,2-11,14H2,1H3,(H,31,35)/t15?,16-,17?,18?,19+,21?,23?,25?,26?/m0/s1. The van der Waals surface area contributed by atoms with Gasteiger partial charge in [0.2, 0.25) is 11.7 Å². The Kier molecular flexibility index (Phi) is 6.93. The molecule has 5 unspecified atom stereocenters. The number of fused-ring (bicyclic) bond motifs is 3. The number of nitriles is 1. The van der Waals surface area contributed by atoms with Crippen molar-refractivity contribution in [1.82, 2.24) is 20.4 Å². The van der Waals surface area contributed by atoms with Crippen molar-refractivity contribution in [2.24, 2.45) is 5.92 Å². The number of nitrogens with zero attached hydrogens (tertiary/aromatic N) is 3. The van der Waals surface area contributed by atoms with E-state index < -0.39 is 0 Å². The Morgan fingerprint density at radius 3 is 2.58 bits per heavy atom. The quantitative estimate of drug-likeness (QED) is 0.476. The molecular weight excluding hydrogens is 522 g/mol. The largest absolute Gasteiger partial charge is 0.449 e. The third-order valence-corrected chi connectivity index (χ3v) is 10.6. The summed E-state index contributed by atoms with van der Waals surface area (Å²) < 4.78 is 5.69. The Morgan fingerprint density at radius 2 is 1.86 bits per heavy atom. The summed E-state index contributed by atoms with van der Waals surface area (Å²) in [4.78, 5) is 18.2. The van der Waals surface area contributed by atoms with Gasteiger partial charge in [-0.05, 0) is 77.3 Å². The Hall–Kier alpha value is -1.44. The number of carbonyl (C=O) groups excluding carboxylic acids is 1. The monoisotopic (exact) mass is 559 g/mol. The molecule has 6 rings (SSSR count). The van der Waals surface area contributed by atoms with Gasteiger partial charge in [-0.1, -0.05) is 15.9 Å². The van der Waals surface area contributed by atoms with E-state index in [2.05, 4.69) is 49.5 Å². The van der Waals surface area contributed by atoms with E-state index in [1.807, 2.05) is 6.07 Å². The molecular formula is C27H38BrN5O3. The second kappa shape index (κ2) is 10.0. The third kappa shape index (κ3) is 4.54. The van der Waals surface area contributed by atoms with Gasteiger partial charge in [0, 0.05) is 35.8 Å². The number of furan rings is 1. The highest BCUT2D eigenvalue weighted by Crippen LogP contribution is 2.46. The van der Waals surface area contributed by atoms with Gasteiger partial charge >= 0.3 is 0 Å². The lowest BCUT2D eigenvalue weighted by atomic mass is 9.87. The summed E-state index contributed by atoms with van der Waals surface area (Å²) in [7, 11) is 2.11. The van der Waals surface area contributed by atoms with Crippen LogP contribution in [0.15, 0.2) is 10.5 Å². The summed E-state index contributed by atoms with van der Waals surface area (Å²) >= 11 is 3.87. The van der Waals surface area contributed by atoms with E-state index in [1.54, 1.807) is 0 Å². The van der Waals surface area contributed by atoms with Crippen molar-refractivity contribution in [2.75, 3.05) is 7.05 Å². The molecule has 2 aliphatic carbocycles. The number of halogens is 1. The van der Waals surface area contributed by atoms with Gasteiger partial charge in [0.05, 0.1) is 29.6 Å². The molecule has 4 fully saturated rings. The summed E-state index contributed by atoms with van der Waals surface area (Å²) in [5.74, 6) is 1.60. The molecule has 5 aliphatic rings. The Morgan fingerprint density at radius 1 is 1.11 bits per heavy atom. The van der Waals surface area contributed by atoms with Crippen LogP contribution < -0.4 is 10.6 Å². The van der Waals surface area contributed by atoms with Crippen molar-refractivity contribution >= 4 is 21.8 Å². The van der Waals surface area contributed by atoms with Crippen LogP contribution >= 0.6 is 15.9 Å². The van der Waals surface area contributed by atoms with E-state index >= 15 is 0 Å². The van der Waals surface area contributed by atoms with Gasteiger partial charge in [0.25, 0.3) is 0 Å². The lowest BCUT2D eigenvalue weighted by molar-refractivity contribution is -0.126. The molecule has 3 N–H and O–H groups in total. The smallest absolute Gasteiger partial charge is 0.224 e. The SMILES string of the molecule is CN1Cc2oc(C#N)cc2C(Br)C1NC1CCC(N2C3CCC2C(C(=O)N[C@H]2CC[C@@H](O)C2)C3)CC1. The average Bonchev–Trinajstić information content (AvgIpc) is 3.65. The highest BCUT2D eigenvalue weighted by molar-refractivity contribution is 9.09. The zero-order chi connectivity index (χ0) is 25.0. The van der Waals surface area contributed by atoms with E-state index in [0.717, 1.165) is 49.8 Å². The van der Waals surface area contributed by atoms with Crippen LogP contribution in [0.25, 0.3) is 0 Å². The number of aliphatic hydroxyl groups excluding tert-OH is 1. The summed E-state index contributed by atoms with van der Waals surface area (Å²) in [6.45, 7) is 0.701. The molecule has 9 heteroatoms. The summed E-state index contributed by atoms with van der Waals surface area (Å²) in [6, 6.07) is 6.14. The number of amides is 1. The van der Waals surface area contributed by atoms with Gasteiger partial charge in [0.15, 0.2) is 0 Å². The molecule has 2 saturated heterocycles. The first-order chi connectivity index (χ1) is 17.4. The molecule has 4 heterocycles. The highest BCUT2D eigenvalue weighted by Gasteiger charge is 2.52. The Bertz CT molecular complexity index is 1020. The van der Waals surface area contributed by atoms with Crippen LogP contribution in [0.1, 0.15) is 86.1 Å². The minimum atomic E-state index is -0.249. The first-order valence-corrected chi connectivity index (χ1v) is 14.7. The Labute approximate surface area is 221 Å².